The lowest BCUT2D eigenvalue weighted by molar-refractivity contribution is -0.315. The lowest BCUT2D eigenvalue weighted by atomic mass is 9.42. The van der Waals surface area contributed by atoms with E-state index in [1.807, 2.05) is 13.8 Å². The molecule has 15 unspecified atom stereocenters. The molecule has 4 fully saturated rings. The molecule has 0 amide bonds. The number of allylic oxidation sites excluding steroid dienone is 1. The van der Waals surface area contributed by atoms with Gasteiger partial charge in [-0.1, -0.05) is 37.5 Å². The molecule has 0 radical (unpaired) electrons. The van der Waals surface area contributed by atoms with Gasteiger partial charge >= 0.3 is 5.97 Å². The van der Waals surface area contributed by atoms with Crippen LogP contribution < -0.4 is 0 Å². The molecule has 6 aliphatic rings. The highest BCUT2D eigenvalue weighted by Crippen LogP contribution is 2.66. The molecule has 0 aromatic rings. The molecule has 0 bridgehead atoms. The smallest absolute Gasteiger partial charge is 0.334 e. The van der Waals surface area contributed by atoms with E-state index in [0.717, 1.165) is 49.7 Å². The number of fused-ring (bicyclic) bond motifs is 5. The Morgan fingerprint density at radius 2 is 1.76 bits per heavy atom. The second-order valence-electron chi connectivity index (χ2n) is 15.8. The summed E-state index contributed by atoms with van der Waals surface area (Å²) in [4.78, 5) is 12.6. The highest BCUT2D eigenvalue weighted by Gasteiger charge is 2.63. The van der Waals surface area contributed by atoms with E-state index in [2.05, 4.69) is 19.9 Å². The first-order valence-corrected chi connectivity index (χ1v) is 17.1. The first kappa shape index (κ1) is 33.5. The zero-order valence-electron chi connectivity index (χ0n) is 27.4. The van der Waals surface area contributed by atoms with Crippen LogP contribution in [0.25, 0.3) is 0 Å². The molecule has 1 saturated heterocycles. The van der Waals surface area contributed by atoms with Crippen molar-refractivity contribution in [1.82, 2.24) is 0 Å². The van der Waals surface area contributed by atoms with Gasteiger partial charge in [0.1, 0.15) is 36.1 Å². The Balaban J connectivity index is 1.20. The molecule has 10 heteroatoms. The summed E-state index contributed by atoms with van der Waals surface area (Å²) in [6.45, 7) is 9.62. The van der Waals surface area contributed by atoms with Crippen LogP contribution in [0.1, 0.15) is 92.4 Å². The van der Waals surface area contributed by atoms with Crippen LogP contribution in [0.15, 0.2) is 22.8 Å². The highest BCUT2D eigenvalue weighted by molar-refractivity contribution is 5.89. The molecule has 45 heavy (non-hydrogen) atoms. The molecular weight excluding hydrogens is 580 g/mol. The normalized spacial score (nSPS) is 50.0. The van der Waals surface area contributed by atoms with Crippen LogP contribution in [0.2, 0.25) is 0 Å². The maximum Gasteiger partial charge on any atom is 0.334 e. The number of carbonyl (C=O) groups excluding carboxylic acids is 1. The van der Waals surface area contributed by atoms with Crippen LogP contribution in [0.4, 0.5) is 0 Å². The molecule has 2 aliphatic heterocycles. The van der Waals surface area contributed by atoms with Crippen LogP contribution in [0, 0.1) is 34.5 Å². The van der Waals surface area contributed by atoms with E-state index in [9.17, 15) is 35.4 Å². The zero-order chi connectivity index (χ0) is 32.6. The van der Waals surface area contributed by atoms with Gasteiger partial charge in [0.15, 0.2) is 6.29 Å². The summed E-state index contributed by atoms with van der Waals surface area (Å²) < 4.78 is 17.6. The van der Waals surface area contributed by atoms with E-state index in [1.165, 1.54) is 0 Å². The molecule has 0 aromatic carbocycles. The van der Waals surface area contributed by atoms with Crippen molar-refractivity contribution < 1.29 is 49.6 Å². The molecular formula is C35H54O10. The third-order valence-electron chi connectivity index (χ3n) is 13.6. The Bertz CT molecular complexity index is 1210. The van der Waals surface area contributed by atoms with Gasteiger partial charge in [0.2, 0.25) is 0 Å². The van der Waals surface area contributed by atoms with Gasteiger partial charge in [-0.25, -0.2) is 4.79 Å². The summed E-state index contributed by atoms with van der Waals surface area (Å²) in [6, 6.07) is 0. The molecule has 4 aliphatic carbocycles. The van der Waals surface area contributed by atoms with Gasteiger partial charge in [0.25, 0.3) is 0 Å². The predicted molar refractivity (Wildman–Crippen MR) is 163 cm³/mol. The Hall–Kier alpha value is -1.37. The highest BCUT2D eigenvalue weighted by atomic mass is 16.7. The molecule has 0 spiro atoms. The second kappa shape index (κ2) is 11.9. The molecule has 6 N–H and O–H groups in total. The summed E-state index contributed by atoms with van der Waals surface area (Å²) >= 11 is 0. The van der Waals surface area contributed by atoms with Crippen molar-refractivity contribution in [2.24, 2.45) is 34.5 Å². The van der Waals surface area contributed by atoms with Crippen LogP contribution in [-0.2, 0) is 19.0 Å². The molecule has 15 atom stereocenters. The number of aliphatic hydroxyl groups is 6. The molecule has 10 nitrogen and oxygen atoms in total. The maximum atomic E-state index is 12.6. The Labute approximate surface area is 266 Å². The van der Waals surface area contributed by atoms with Crippen molar-refractivity contribution >= 4 is 5.97 Å². The van der Waals surface area contributed by atoms with Crippen molar-refractivity contribution in [3.05, 3.63) is 22.8 Å². The van der Waals surface area contributed by atoms with Gasteiger partial charge in [0.05, 0.1) is 18.8 Å². The van der Waals surface area contributed by atoms with Crippen molar-refractivity contribution in [2.45, 2.75) is 147 Å². The predicted octanol–water partition coefficient (Wildman–Crippen LogP) is 2.51. The summed E-state index contributed by atoms with van der Waals surface area (Å²) in [7, 11) is 0. The lowest BCUT2D eigenvalue weighted by Crippen LogP contribution is -2.63. The summed E-state index contributed by atoms with van der Waals surface area (Å²) in [5.74, 6) is 0.640. The average Bonchev–Trinajstić information content (AvgIpc) is 2.99. The van der Waals surface area contributed by atoms with E-state index in [4.69, 9.17) is 14.2 Å². The third kappa shape index (κ3) is 5.26. The summed E-state index contributed by atoms with van der Waals surface area (Å²) in [5.41, 5.74) is 1.04. The van der Waals surface area contributed by atoms with Crippen LogP contribution >= 0.6 is 0 Å². The van der Waals surface area contributed by atoms with E-state index >= 15 is 0 Å². The topological polar surface area (TPSA) is 166 Å². The molecule has 2 heterocycles. The van der Waals surface area contributed by atoms with Crippen molar-refractivity contribution in [3.8, 4) is 0 Å². The van der Waals surface area contributed by atoms with Crippen LogP contribution in [0.3, 0.4) is 0 Å². The third-order valence-corrected chi connectivity index (χ3v) is 13.6. The van der Waals surface area contributed by atoms with Crippen LogP contribution in [0.5, 0.6) is 0 Å². The SMILES string of the molecule is CC1=C(C)C(=O)OC(C(C)(O)C2CCCC3C4CC=C5CC(OC6OC(CO)C(O)C(O)C6O)CC(O)C5(C)C4CCC32C)C1. The van der Waals surface area contributed by atoms with E-state index in [1.54, 1.807) is 6.92 Å². The number of esters is 1. The van der Waals surface area contributed by atoms with Crippen molar-refractivity contribution in [3.63, 3.8) is 0 Å². The van der Waals surface area contributed by atoms with E-state index in [0.29, 0.717) is 36.7 Å². The molecule has 254 valence electrons. The molecule has 3 saturated carbocycles. The van der Waals surface area contributed by atoms with Crippen molar-refractivity contribution in [2.75, 3.05) is 6.61 Å². The standard InChI is InChI=1S/C35H54O10/c1-17-13-27(45-31(41)18(17)2)35(5,42)25-8-6-7-22-21-10-9-19-14-20(43-32-30(40)29(39)28(38)24(16-36)44-32)15-26(37)34(19,4)23(21)11-12-33(22,25)3/h9,20-30,32,36-40,42H,6-8,10-16H2,1-5H3. The number of hydrogen-bond donors (Lipinski definition) is 6. The number of cyclic esters (lactones) is 1. The minimum absolute atomic E-state index is 0.0144. The monoisotopic (exact) mass is 634 g/mol. The first-order valence-electron chi connectivity index (χ1n) is 17.1. The second-order valence-corrected chi connectivity index (χ2v) is 15.8. The van der Waals surface area contributed by atoms with Crippen LogP contribution in [-0.4, -0.2) is 97.8 Å². The maximum absolute atomic E-state index is 12.6. The fraction of sp³-hybridized carbons (Fsp3) is 0.857. The number of rotatable bonds is 5. The zero-order valence-corrected chi connectivity index (χ0v) is 27.4. The van der Waals surface area contributed by atoms with E-state index < -0.39 is 66.6 Å². The lowest BCUT2D eigenvalue weighted by Gasteiger charge is -2.64. The summed E-state index contributed by atoms with van der Waals surface area (Å²) in [6.07, 6.45) is 0.995. The number of hydrogen-bond acceptors (Lipinski definition) is 10. The summed E-state index contributed by atoms with van der Waals surface area (Å²) in [5, 5.41) is 64.4. The quantitative estimate of drug-likeness (QED) is 0.195. The molecule has 6 rings (SSSR count). The number of carbonyl (C=O) groups is 1. The van der Waals surface area contributed by atoms with Gasteiger partial charge in [-0.2, -0.15) is 0 Å². The van der Waals surface area contributed by atoms with Gasteiger partial charge in [-0.3, -0.25) is 0 Å². The average molecular weight is 635 g/mol. The number of aliphatic hydroxyl groups excluding tert-OH is 5. The van der Waals surface area contributed by atoms with E-state index in [-0.39, 0.29) is 23.2 Å². The minimum atomic E-state index is -1.51. The first-order chi connectivity index (χ1) is 21.1. The minimum Gasteiger partial charge on any atom is -0.456 e. The number of ether oxygens (including phenoxy) is 3. The van der Waals surface area contributed by atoms with Gasteiger partial charge in [0, 0.05) is 23.8 Å². The molecule has 0 aromatic heterocycles. The van der Waals surface area contributed by atoms with Gasteiger partial charge in [-0.15, -0.1) is 0 Å². The van der Waals surface area contributed by atoms with Gasteiger partial charge < -0.3 is 44.8 Å². The fourth-order valence-corrected chi connectivity index (χ4v) is 10.7. The Morgan fingerprint density at radius 3 is 2.44 bits per heavy atom. The van der Waals surface area contributed by atoms with Gasteiger partial charge in [-0.05, 0) is 88.4 Å². The fourth-order valence-electron chi connectivity index (χ4n) is 10.7. The largest absolute Gasteiger partial charge is 0.456 e. The Morgan fingerprint density at radius 1 is 1.02 bits per heavy atom. The van der Waals surface area contributed by atoms with Crippen molar-refractivity contribution in [1.29, 1.82) is 0 Å². The Kier molecular flexibility index (Phi) is 8.90.